The number of aliphatic hydroxyl groups excluding tert-OH is 3. The van der Waals surface area contributed by atoms with Crippen molar-refractivity contribution in [2.75, 3.05) is 6.79 Å². The van der Waals surface area contributed by atoms with Crippen molar-refractivity contribution >= 4 is 31.9 Å². The normalized spacial score (nSPS) is 38.6. The Morgan fingerprint density at radius 3 is 2.33 bits per heavy atom. The molecule has 1 heterocycles. The van der Waals surface area contributed by atoms with Gasteiger partial charge < -0.3 is 30.5 Å². The molecule has 6 atom stereocenters. The Labute approximate surface area is 138 Å². The first-order valence-corrected chi connectivity index (χ1v) is 8.15. The average Bonchev–Trinajstić information content (AvgIpc) is 2.90. The number of aliphatic hydroxyl groups is 3. The highest BCUT2D eigenvalue weighted by Crippen LogP contribution is 2.45. The third-order valence-corrected chi connectivity index (χ3v) is 5.83. The number of nitrogens with two attached hydrogens (primary N) is 1. The van der Waals surface area contributed by atoms with Crippen molar-refractivity contribution in [2.45, 2.75) is 35.1 Å². The molecule has 8 heteroatoms. The van der Waals surface area contributed by atoms with Crippen LogP contribution in [-0.4, -0.2) is 51.3 Å². The zero-order valence-electron chi connectivity index (χ0n) is 10.8. The van der Waals surface area contributed by atoms with Gasteiger partial charge in [0.25, 0.3) is 0 Å². The van der Waals surface area contributed by atoms with Crippen molar-refractivity contribution in [2.24, 2.45) is 5.73 Å². The van der Waals surface area contributed by atoms with Crippen LogP contribution in [0.2, 0.25) is 0 Å². The van der Waals surface area contributed by atoms with Crippen molar-refractivity contribution < 1.29 is 24.8 Å². The Bertz CT molecular complexity index is 542. The zero-order chi connectivity index (χ0) is 15.3. The molecule has 21 heavy (non-hydrogen) atoms. The summed E-state index contributed by atoms with van der Waals surface area (Å²) in [4.78, 5) is -0.498. The van der Waals surface area contributed by atoms with E-state index < -0.39 is 35.1 Å². The van der Waals surface area contributed by atoms with Gasteiger partial charge in [-0.3, -0.25) is 0 Å². The molecule has 1 aromatic rings. The molecule has 1 saturated carbocycles. The van der Waals surface area contributed by atoms with Crippen molar-refractivity contribution in [1.29, 1.82) is 0 Å². The van der Waals surface area contributed by atoms with Gasteiger partial charge in [-0.2, -0.15) is 0 Å². The van der Waals surface area contributed by atoms with Crippen LogP contribution in [0.1, 0.15) is 11.5 Å². The Morgan fingerprint density at radius 2 is 1.67 bits per heavy atom. The lowest BCUT2D eigenvalue weighted by Crippen LogP contribution is -2.61. The maximum absolute atomic E-state index is 10.1. The van der Waals surface area contributed by atoms with Gasteiger partial charge in [0.15, 0.2) is 11.5 Å². The molecule has 0 bridgehead atoms. The van der Waals surface area contributed by atoms with E-state index in [-0.39, 0.29) is 6.79 Å². The molecule has 0 spiro atoms. The molecule has 3 rings (SSSR count). The van der Waals surface area contributed by atoms with Gasteiger partial charge in [0, 0.05) is 16.4 Å². The van der Waals surface area contributed by atoms with Gasteiger partial charge in [-0.1, -0.05) is 31.9 Å². The van der Waals surface area contributed by atoms with Crippen LogP contribution >= 0.6 is 31.9 Å². The first kappa shape index (κ1) is 15.5. The second-order valence-corrected chi connectivity index (χ2v) is 7.16. The molecule has 0 amide bonds. The predicted molar refractivity (Wildman–Crippen MR) is 81.7 cm³/mol. The fourth-order valence-corrected chi connectivity index (χ4v) is 4.36. The first-order valence-electron chi connectivity index (χ1n) is 6.44. The van der Waals surface area contributed by atoms with E-state index in [1.54, 1.807) is 12.1 Å². The fourth-order valence-electron chi connectivity index (χ4n) is 2.82. The molecule has 1 fully saturated rings. The summed E-state index contributed by atoms with van der Waals surface area (Å²) < 4.78 is 11.4. The van der Waals surface area contributed by atoms with Crippen LogP contribution in [0.4, 0.5) is 0 Å². The number of hydrogen-bond acceptors (Lipinski definition) is 6. The smallest absolute Gasteiger partial charge is 0.231 e. The Morgan fingerprint density at radius 1 is 1.05 bits per heavy atom. The van der Waals surface area contributed by atoms with Gasteiger partial charge in [-0.05, 0) is 17.7 Å². The van der Waals surface area contributed by atoms with E-state index in [9.17, 15) is 15.3 Å². The second-order valence-electron chi connectivity index (χ2n) is 5.25. The summed E-state index contributed by atoms with van der Waals surface area (Å²) in [6, 6.07) is 2.82. The topological polar surface area (TPSA) is 105 Å². The minimum absolute atomic E-state index is 0.156. The molecule has 0 saturated heterocycles. The molecule has 0 radical (unpaired) electrons. The van der Waals surface area contributed by atoms with Crippen molar-refractivity contribution in [3.05, 3.63) is 22.2 Å². The summed E-state index contributed by atoms with van der Waals surface area (Å²) in [7, 11) is 0. The van der Waals surface area contributed by atoms with Crippen LogP contribution in [0, 0.1) is 0 Å². The van der Waals surface area contributed by atoms with Crippen molar-refractivity contribution in [3.63, 3.8) is 0 Å². The average molecular weight is 425 g/mol. The van der Waals surface area contributed by atoms with Crippen LogP contribution in [0.25, 0.3) is 0 Å². The maximum atomic E-state index is 10.1. The molecule has 0 aromatic heterocycles. The summed E-state index contributed by atoms with van der Waals surface area (Å²) in [5.41, 5.74) is 6.84. The Hall–Kier alpha value is -0.380. The second kappa shape index (κ2) is 5.68. The molecular weight excluding hydrogens is 410 g/mol. The predicted octanol–water partition coefficient (Wildman–Crippen LogP) is 0.449. The van der Waals surface area contributed by atoms with E-state index in [2.05, 4.69) is 31.9 Å². The van der Waals surface area contributed by atoms with E-state index in [1.807, 2.05) is 0 Å². The summed E-state index contributed by atoms with van der Waals surface area (Å²) >= 11 is 6.84. The van der Waals surface area contributed by atoms with E-state index >= 15 is 0 Å². The number of benzene rings is 1. The van der Waals surface area contributed by atoms with Crippen molar-refractivity contribution in [1.82, 2.24) is 0 Å². The van der Waals surface area contributed by atoms with E-state index in [1.165, 1.54) is 0 Å². The highest BCUT2D eigenvalue weighted by molar-refractivity contribution is 9.10. The quantitative estimate of drug-likeness (QED) is 0.488. The van der Waals surface area contributed by atoms with Gasteiger partial charge in [0.2, 0.25) is 6.79 Å². The van der Waals surface area contributed by atoms with Crippen LogP contribution < -0.4 is 15.2 Å². The van der Waals surface area contributed by atoms with Gasteiger partial charge in [0.05, 0.1) is 17.0 Å². The lowest BCUT2D eigenvalue weighted by Gasteiger charge is -2.43. The molecule has 5 N–H and O–H groups in total. The number of alkyl halides is 1. The summed E-state index contributed by atoms with van der Waals surface area (Å²) in [5, 5.41) is 29.9. The van der Waals surface area contributed by atoms with Crippen LogP contribution in [-0.2, 0) is 0 Å². The monoisotopic (exact) mass is 423 g/mol. The third-order valence-electron chi connectivity index (χ3n) is 4.03. The molecule has 1 aliphatic carbocycles. The molecule has 1 aliphatic heterocycles. The molecule has 2 aliphatic rings. The van der Waals surface area contributed by atoms with Gasteiger partial charge in [-0.25, -0.2) is 0 Å². The van der Waals surface area contributed by atoms with Crippen LogP contribution in [0.15, 0.2) is 16.6 Å². The highest BCUT2D eigenvalue weighted by atomic mass is 79.9. The number of ether oxygens (including phenoxy) is 2. The number of hydrogen-bond donors (Lipinski definition) is 4. The number of fused-ring (bicyclic) bond motifs is 1. The van der Waals surface area contributed by atoms with Crippen molar-refractivity contribution in [3.8, 4) is 11.5 Å². The third kappa shape index (κ3) is 2.47. The van der Waals surface area contributed by atoms with Gasteiger partial charge in [-0.15, -0.1) is 0 Å². The Balaban J connectivity index is 2.02. The SMILES string of the molecule is N[C@H]1[C@H](O)[C@H](O)[C@@H](O)[C@H](Br)[C@@H]1c1cc2c(cc1Br)OCO2. The lowest BCUT2D eigenvalue weighted by atomic mass is 9.76. The first-order chi connectivity index (χ1) is 9.91. The number of rotatable bonds is 1. The molecule has 0 unspecified atom stereocenters. The maximum Gasteiger partial charge on any atom is 0.231 e. The standard InChI is InChI=1S/C13H15Br2NO5/c14-5-2-7-6(20-3-21-7)1-4(5)8-9(15)11(17)13(19)12(18)10(8)16/h1-2,8-13,17-19H,3,16H2/t8-,9+,10+,11-,12-,13+/m0/s1. The minimum atomic E-state index is -1.28. The lowest BCUT2D eigenvalue weighted by molar-refractivity contribution is -0.0945. The summed E-state index contributed by atoms with van der Waals surface area (Å²) in [5.74, 6) is 0.819. The summed E-state index contributed by atoms with van der Waals surface area (Å²) in [6.45, 7) is 0.156. The minimum Gasteiger partial charge on any atom is -0.454 e. The van der Waals surface area contributed by atoms with Crippen LogP contribution in [0.3, 0.4) is 0 Å². The Kier molecular flexibility index (Phi) is 4.19. The van der Waals surface area contributed by atoms with E-state index in [0.29, 0.717) is 11.5 Å². The summed E-state index contributed by atoms with van der Waals surface area (Å²) in [6.07, 6.45) is -3.62. The van der Waals surface area contributed by atoms with E-state index in [4.69, 9.17) is 15.2 Å². The zero-order valence-corrected chi connectivity index (χ0v) is 14.0. The van der Waals surface area contributed by atoms with Crippen LogP contribution in [0.5, 0.6) is 11.5 Å². The fraction of sp³-hybridized carbons (Fsp3) is 0.538. The molecular formula is C13H15Br2NO5. The molecule has 6 nitrogen and oxygen atoms in total. The van der Waals surface area contributed by atoms with Gasteiger partial charge >= 0.3 is 0 Å². The van der Waals surface area contributed by atoms with E-state index in [0.717, 1.165) is 10.0 Å². The number of halogens is 2. The highest BCUT2D eigenvalue weighted by Gasteiger charge is 2.48. The van der Waals surface area contributed by atoms with Gasteiger partial charge in [0.1, 0.15) is 6.10 Å². The largest absolute Gasteiger partial charge is 0.454 e. The molecule has 1 aromatic carbocycles. The molecule has 116 valence electrons.